The molecule has 0 atom stereocenters. The quantitative estimate of drug-likeness (QED) is 0.0797. The van der Waals surface area contributed by atoms with Crippen molar-refractivity contribution in [2.75, 3.05) is 5.73 Å². The van der Waals surface area contributed by atoms with Crippen LogP contribution >= 0.6 is 17.5 Å². The number of para-hydroxylation sites is 1. The van der Waals surface area contributed by atoms with Crippen LogP contribution < -0.4 is 20.5 Å². The van der Waals surface area contributed by atoms with E-state index in [2.05, 4.69) is 104 Å². The summed E-state index contributed by atoms with van der Waals surface area (Å²) < 4.78 is 12.7. The molecule has 2 fully saturated rings. The topological polar surface area (TPSA) is 44.5 Å². The molecule has 3 nitrogen and oxygen atoms in total. The molecule has 6 heteroatoms. The van der Waals surface area contributed by atoms with Crippen molar-refractivity contribution in [3.05, 3.63) is 97.1 Å². The Morgan fingerprint density at radius 2 is 1.15 bits per heavy atom. The first-order valence-corrected chi connectivity index (χ1v) is 21.2. The molecule has 48 heavy (non-hydrogen) atoms. The third-order valence-corrected chi connectivity index (χ3v) is 12.6. The summed E-state index contributed by atoms with van der Waals surface area (Å²) in [6, 6.07) is 34.4. The second-order valence-corrected chi connectivity index (χ2v) is 16.1. The molecule has 0 spiro atoms. The van der Waals surface area contributed by atoms with E-state index in [0.29, 0.717) is 5.69 Å². The summed E-state index contributed by atoms with van der Waals surface area (Å²) in [6.45, 7) is 8.45. The molecule has 0 unspecified atom stereocenters. The molecule has 2 saturated carbocycles. The zero-order chi connectivity index (χ0) is 34.3. The second-order valence-electron chi connectivity index (χ2n) is 13.3. The van der Waals surface area contributed by atoms with E-state index >= 15 is 0 Å². The van der Waals surface area contributed by atoms with Crippen LogP contribution in [0.15, 0.2) is 91.0 Å². The van der Waals surface area contributed by atoms with E-state index < -0.39 is 0 Å². The minimum absolute atomic E-state index is 0.128. The normalized spacial score (nSPS) is 15.4. The third kappa shape index (κ3) is 10.8. The number of hydrogen-bond donors (Lipinski definition) is 1. The molecule has 0 aliphatic heterocycles. The molecule has 2 aliphatic rings. The Balaban J connectivity index is 0.000000288. The molecule has 0 bridgehead atoms. The summed E-state index contributed by atoms with van der Waals surface area (Å²) in [5.74, 6) is 1.91. The first-order valence-electron chi connectivity index (χ1n) is 17.7. The Hall–Kier alpha value is -2.34. The van der Waals surface area contributed by atoms with Crippen molar-refractivity contribution in [1.82, 2.24) is 0 Å². The van der Waals surface area contributed by atoms with E-state index in [9.17, 15) is 0 Å². The van der Waals surface area contributed by atoms with E-state index in [4.69, 9.17) is 15.2 Å². The first-order chi connectivity index (χ1) is 23.4. The number of benzene rings is 4. The van der Waals surface area contributed by atoms with Crippen molar-refractivity contribution in [2.24, 2.45) is 0 Å². The molecule has 4 aromatic rings. The van der Waals surface area contributed by atoms with Gasteiger partial charge in [-0.05, 0) is 87.7 Å². The summed E-state index contributed by atoms with van der Waals surface area (Å²) in [5.41, 5.74) is 12.9. The predicted octanol–water partition coefficient (Wildman–Crippen LogP) is 12.1. The van der Waals surface area contributed by atoms with Crippen molar-refractivity contribution in [1.29, 1.82) is 0 Å². The fourth-order valence-corrected chi connectivity index (χ4v) is 11.1. The first kappa shape index (κ1) is 38.5. The Bertz CT molecular complexity index is 1460. The number of halogens is 1. The molecule has 0 amide bonds. The van der Waals surface area contributed by atoms with E-state index in [-0.39, 0.29) is 20.1 Å². The van der Waals surface area contributed by atoms with E-state index in [1.54, 1.807) is 5.30 Å². The Morgan fingerprint density at radius 3 is 1.67 bits per heavy atom. The number of nitrogen functional groups attached to an aromatic ring is 1. The summed E-state index contributed by atoms with van der Waals surface area (Å²) in [6.07, 6.45) is 14.4. The molecular weight excluding hydrogens is 723 g/mol. The van der Waals surface area contributed by atoms with Gasteiger partial charge in [-0.3, -0.25) is 0 Å². The Labute approximate surface area is 306 Å². The third-order valence-electron chi connectivity index (χ3n) is 9.07. The SMILES string of the molecule is CC(C)Oc1cccc(OC(C)C)c1-c1ccccc1P(C1CCCCC1)C1CCCCC1.Nc1[c-]cccc1-c1ccccc1.[Cl][Pd+]. The second kappa shape index (κ2) is 20.4. The van der Waals surface area contributed by atoms with Crippen molar-refractivity contribution in [3.63, 3.8) is 0 Å². The molecule has 0 heterocycles. The van der Waals surface area contributed by atoms with Gasteiger partial charge in [-0.15, -0.1) is 5.56 Å². The number of nitrogens with two attached hydrogens (primary N) is 1. The van der Waals surface area contributed by atoms with Gasteiger partial charge in [0.2, 0.25) is 0 Å². The number of hydrogen-bond acceptors (Lipinski definition) is 3. The fraction of sp³-hybridized carbons (Fsp3) is 0.429. The van der Waals surface area contributed by atoms with Crippen LogP contribution in [0, 0.1) is 6.07 Å². The van der Waals surface area contributed by atoms with Crippen molar-refractivity contribution in [2.45, 2.75) is 115 Å². The summed E-state index contributed by atoms with van der Waals surface area (Å²) in [7, 11) is 4.28. The number of ether oxygens (including phenoxy) is 2. The van der Waals surface area contributed by atoms with Gasteiger partial charge in [0, 0.05) is 0 Å². The average molecular weight is 777 g/mol. The van der Waals surface area contributed by atoms with Crippen molar-refractivity contribution >= 4 is 28.4 Å². The summed E-state index contributed by atoms with van der Waals surface area (Å²) >= 11 is 2.22. The van der Waals surface area contributed by atoms with Crippen molar-refractivity contribution in [3.8, 4) is 33.8 Å². The number of anilines is 1. The predicted molar refractivity (Wildman–Crippen MR) is 205 cm³/mol. The molecule has 260 valence electrons. The molecule has 0 aromatic heterocycles. The van der Waals surface area contributed by atoms with Gasteiger partial charge in [0.25, 0.3) is 0 Å². The van der Waals surface area contributed by atoms with Crippen LogP contribution in [0.2, 0.25) is 0 Å². The van der Waals surface area contributed by atoms with Crippen LogP contribution in [-0.4, -0.2) is 23.5 Å². The van der Waals surface area contributed by atoms with Gasteiger partial charge >= 0.3 is 27.7 Å². The molecule has 0 saturated heterocycles. The maximum absolute atomic E-state index is 6.37. The number of rotatable bonds is 9. The maximum atomic E-state index is 6.37. The summed E-state index contributed by atoms with van der Waals surface area (Å²) in [4.78, 5) is 0. The zero-order valence-corrected chi connectivity index (χ0v) is 32.3. The van der Waals surface area contributed by atoms with Crippen LogP contribution in [0.1, 0.15) is 91.9 Å². The van der Waals surface area contributed by atoms with Crippen LogP contribution in [0.5, 0.6) is 11.5 Å². The van der Waals surface area contributed by atoms with Gasteiger partial charge in [-0.25, -0.2) is 0 Å². The molecular formula is C42H53ClNO2PPd. The van der Waals surface area contributed by atoms with E-state index in [0.717, 1.165) is 39.5 Å². The van der Waals surface area contributed by atoms with E-state index in [1.807, 2.05) is 48.5 Å². The average Bonchev–Trinajstić information content (AvgIpc) is 3.11. The van der Waals surface area contributed by atoms with Gasteiger partial charge in [-0.1, -0.05) is 118 Å². The van der Waals surface area contributed by atoms with Gasteiger partial charge in [0.15, 0.2) is 0 Å². The molecule has 6 rings (SSSR count). The van der Waals surface area contributed by atoms with Crippen LogP contribution in [0.25, 0.3) is 22.3 Å². The van der Waals surface area contributed by atoms with Crippen molar-refractivity contribution < 1.29 is 27.7 Å². The Morgan fingerprint density at radius 1 is 0.646 bits per heavy atom. The molecule has 2 N–H and O–H groups in total. The molecule has 2 aliphatic carbocycles. The summed E-state index contributed by atoms with van der Waals surface area (Å²) in [5, 5.41) is 1.60. The van der Waals surface area contributed by atoms with Crippen LogP contribution in [0.4, 0.5) is 5.69 Å². The monoisotopic (exact) mass is 775 g/mol. The Kier molecular flexibility index (Phi) is 16.3. The minimum atomic E-state index is -0.213. The fourth-order valence-electron chi connectivity index (χ4n) is 7.12. The van der Waals surface area contributed by atoms with Gasteiger partial charge < -0.3 is 15.2 Å². The van der Waals surface area contributed by atoms with Gasteiger partial charge in [0.05, 0.1) is 17.8 Å². The zero-order valence-electron chi connectivity index (χ0n) is 29.1. The van der Waals surface area contributed by atoms with Crippen LogP contribution in [0.3, 0.4) is 0 Å². The standard InChI is InChI=1S/C30H43O2P.C12H10N.ClH.Pd/c1-22(2)31-27-19-13-20-28(32-23(3)4)30(27)26-18-11-12-21-29(26)33(24-14-7-5-8-15-24)25-16-9-6-10-17-25;13-12-9-5-4-8-11(12)10-6-2-1-3-7-10;;/h11-13,18-25H,5-10,14-17H2,1-4H3;1-8H,13H2;1H;/q;-1;;+2/p-1. The van der Waals surface area contributed by atoms with Gasteiger partial charge in [0.1, 0.15) is 11.5 Å². The molecule has 4 aromatic carbocycles. The van der Waals surface area contributed by atoms with Crippen LogP contribution in [-0.2, 0) is 18.2 Å². The van der Waals surface area contributed by atoms with E-state index in [1.165, 1.54) is 69.8 Å². The molecule has 0 radical (unpaired) electrons. The van der Waals surface area contributed by atoms with Gasteiger partial charge in [-0.2, -0.15) is 24.3 Å².